The van der Waals surface area contributed by atoms with Crippen LogP contribution in [0.1, 0.15) is 0 Å². The Morgan fingerprint density at radius 2 is 2.54 bits per heavy atom. The van der Waals surface area contributed by atoms with E-state index in [0.717, 1.165) is 11.6 Å². The van der Waals surface area contributed by atoms with E-state index in [9.17, 15) is 4.79 Å². The van der Waals surface area contributed by atoms with Crippen LogP contribution in [-0.4, -0.2) is 45.0 Å². The Hall–Kier alpha value is -0.550. The molecule has 1 amide bonds. The third-order valence-corrected chi connectivity index (χ3v) is 3.69. The van der Waals surface area contributed by atoms with Gasteiger partial charge in [0.25, 0.3) is 5.91 Å². The molecule has 2 aliphatic rings. The number of amides is 1. The molecule has 0 aromatic rings. The SMILES string of the molecule is C=CCN1C(=O)C2CSCN2C1=S. The van der Waals surface area contributed by atoms with E-state index in [1.807, 2.05) is 4.90 Å². The fourth-order valence-corrected chi connectivity index (χ4v) is 3.15. The summed E-state index contributed by atoms with van der Waals surface area (Å²) in [5.41, 5.74) is 0. The molecular weight excluding hydrogens is 204 g/mol. The summed E-state index contributed by atoms with van der Waals surface area (Å²) in [6.07, 6.45) is 1.71. The van der Waals surface area contributed by atoms with Gasteiger partial charge in [0.15, 0.2) is 5.11 Å². The Morgan fingerprint density at radius 1 is 1.77 bits per heavy atom. The molecule has 0 N–H and O–H groups in total. The molecule has 2 rings (SSSR count). The molecule has 0 spiro atoms. The second kappa shape index (κ2) is 3.31. The molecule has 1 atom stereocenters. The van der Waals surface area contributed by atoms with Crippen LogP contribution in [-0.2, 0) is 4.79 Å². The van der Waals surface area contributed by atoms with Gasteiger partial charge in [0.2, 0.25) is 0 Å². The van der Waals surface area contributed by atoms with Gasteiger partial charge in [-0.3, -0.25) is 9.69 Å². The molecule has 2 saturated heterocycles. The molecule has 2 heterocycles. The van der Waals surface area contributed by atoms with Crippen LogP contribution in [0.2, 0.25) is 0 Å². The number of carbonyl (C=O) groups is 1. The van der Waals surface area contributed by atoms with Crippen molar-refractivity contribution in [2.24, 2.45) is 0 Å². The maximum atomic E-state index is 11.7. The highest BCUT2D eigenvalue weighted by molar-refractivity contribution is 7.99. The molecule has 5 heteroatoms. The van der Waals surface area contributed by atoms with Crippen LogP contribution in [0.25, 0.3) is 0 Å². The van der Waals surface area contributed by atoms with Crippen molar-refractivity contribution in [3.63, 3.8) is 0 Å². The molecular formula is C8H10N2OS2. The lowest BCUT2D eigenvalue weighted by atomic mass is 10.3. The van der Waals surface area contributed by atoms with Crippen LogP contribution in [0.4, 0.5) is 0 Å². The van der Waals surface area contributed by atoms with Gasteiger partial charge in [-0.25, -0.2) is 0 Å². The van der Waals surface area contributed by atoms with Crippen molar-refractivity contribution in [1.82, 2.24) is 9.80 Å². The minimum Gasteiger partial charge on any atom is -0.327 e. The van der Waals surface area contributed by atoms with Crippen LogP contribution in [0.3, 0.4) is 0 Å². The zero-order chi connectivity index (χ0) is 9.42. The van der Waals surface area contributed by atoms with Gasteiger partial charge in [-0.15, -0.1) is 18.3 Å². The van der Waals surface area contributed by atoms with E-state index in [4.69, 9.17) is 12.2 Å². The number of hydrogen-bond acceptors (Lipinski definition) is 3. The second-order valence-corrected chi connectivity index (χ2v) is 4.37. The Balaban J connectivity index is 2.21. The van der Waals surface area contributed by atoms with Crippen molar-refractivity contribution in [2.45, 2.75) is 6.04 Å². The van der Waals surface area contributed by atoms with E-state index in [0.29, 0.717) is 11.7 Å². The molecule has 0 aromatic carbocycles. The smallest absolute Gasteiger partial charge is 0.252 e. The molecule has 0 aliphatic carbocycles. The molecule has 2 fully saturated rings. The summed E-state index contributed by atoms with van der Waals surface area (Å²) in [6.45, 7) is 4.15. The quantitative estimate of drug-likeness (QED) is 0.498. The summed E-state index contributed by atoms with van der Waals surface area (Å²) in [6, 6.07) is -0.00236. The average Bonchev–Trinajstić information content (AvgIpc) is 2.66. The van der Waals surface area contributed by atoms with Crippen LogP contribution >= 0.6 is 24.0 Å². The Bertz CT molecular complexity index is 257. The topological polar surface area (TPSA) is 23.6 Å². The summed E-state index contributed by atoms with van der Waals surface area (Å²) in [4.78, 5) is 15.3. The van der Waals surface area contributed by atoms with Crippen LogP contribution in [0, 0.1) is 0 Å². The molecule has 0 aromatic heterocycles. The van der Waals surface area contributed by atoms with E-state index in [2.05, 4.69) is 6.58 Å². The molecule has 0 saturated carbocycles. The van der Waals surface area contributed by atoms with Gasteiger partial charge in [0, 0.05) is 12.3 Å². The van der Waals surface area contributed by atoms with Crippen LogP contribution in [0.5, 0.6) is 0 Å². The first kappa shape index (κ1) is 9.02. The predicted molar refractivity (Wildman–Crippen MR) is 57.5 cm³/mol. The van der Waals surface area contributed by atoms with E-state index >= 15 is 0 Å². The highest BCUT2D eigenvalue weighted by Crippen LogP contribution is 2.29. The average molecular weight is 214 g/mol. The molecule has 13 heavy (non-hydrogen) atoms. The summed E-state index contributed by atoms with van der Waals surface area (Å²) in [7, 11) is 0. The van der Waals surface area contributed by atoms with Crippen molar-refractivity contribution in [2.75, 3.05) is 18.2 Å². The first-order chi connectivity index (χ1) is 6.25. The van der Waals surface area contributed by atoms with E-state index in [1.54, 1.807) is 22.7 Å². The summed E-state index contributed by atoms with van der Waals surface area (Å²) < 4.78 is 0. The van der Waals surface area contributed by atoms with Gasteiger partial charge in [-0.1, -0.05) is 6.08 Å². The van der Waals surface area contributed by atoms with Crippen molar-refractivity contribution in [3.8, 4) is 0 Å². The van der Waals surface area contributed by atoms with Gasteiger partial charge in [0.05, 0.1) is 5.88 Å². The highest BCUT2D eigenvalue weighted by atomic mass is 32.2. The normalized spacial score (nSPS) is 26.9. The largest absolute Gasteiger partial charge is 0.327 e. The van der Waals surface area contributed by atoms with E-state index in [1.165, 1.54) is 0 Å². The van der Waals surface area contributed by atoms with Gasteiger partial charge < -0.3 is 4.90 Å². The fourth-order valence-electron chi connectivity index (χ4n) is 1.56. The van der Waals surface area contributed by atoms with Crippen molar-refractivity contribution in [1.29, 1.82) is 0 Å². The zero-order valence-corrected chi connectivity index (χ0v) is 8.74. The molecule has 0 radical (unpaired) electrons. The maximum Gasteiger partial charge on any atom is 0.252 e. The monoisotopic (exact) mass is 214 g/mol. The number of hydrogen-bond donors (Lipinski definition) is 0. The second-order valence-electron chi connectivity index (χ2n) is 3.01. The fraction of sp³-hybridized carbons (Fsp3) is 0.500. The Labute approximate surface area is 86.8 Å². The number of thiocarbonyl (C=S) groups is 1. The minimum atomic E-state index is -0.00236. The van der Waals surface area contributed by atoms with Gasteiger partial charge in [-0.05, 0) is 12.2 Å². The molecule has 3 nitrogen and oxygen atoms in total. The standard InChI is InChI=1S/C8H10N2OS2/c1-2-3-9-7(11)6-4-13-5-10(6)8(9)12/h2,6H,1,3-5H2. The van der Waals surface area contributed by atoms with Gasteiger partial charge in [-0.2, -0.15) is 0 Å². The van der Waals surface area contributed by atoms with Crippen LogP contribution < -0.4 is 0 Å². The molecule has 1 unspecified atom stereocenters. The first-order valence-corrected chi connectivity index (χ1v) is 5.62. The highest BCUT2D eigenvalue weighted by Gasteiger charge is 2.44. The van der Waals surface area contributed by atoms with E-state index < -0.39 is 0 Å². The predicted octanol–water partition coefficient (Wildman–Crippen LogP) is 0.674. The third-order valence-electron chi connectivity index (χ3n) is 2.22. The lowest BCUT2D eigenvalue weighted by molar-refractivity contribution is -0.126. The minimum absolute atomic E-state index is 0.00236. The summed E-state index contributed by atoms with van der Waals surface area (Å²) >= 11 is 6.95. The van der Waals surface area contributed by atoms with Crippen LogP contribution in [0.15, 0.2) is 12.7 Å². The Kier molecular flexibility index (Phi) is 2.29. The summed E-state index contributed by atoms with van der Waals surface area (Å²) in [5, 5.41) is 0.667. The summed E-state index contributed by atoms with van der Waals surface area (Å²) in [5.74, 6) is 1.85. The molecule has 70 valence electrons. The number of thioether (sulfide) groups is 1. The molecule has 0 bridgehead atoms. The van der Waals surface area contributed by atoms with Gasteiger partial charge >= 0.3 is 0 Å². The number of fused-ring (bicyclic) bond motifs is 1. The number of carbonyl (C=O) groups excluding carboxylic acids is 1. The first-order valence-electron chi connectivity index (χ1n) is 4.06. The van der Waals surface area contributed by atoms with Gasteiger partial charge in [0.1, 0.15) is 6.04 Å². The third kappa shape index (κ3) is 1.26. The lowest BCUT2D eigenvalue weighted by Crippen LogP contribution is -2.32. The number of rotatable bonds is 2. The number of nitrogens with zero attached hydrogens (tertiary/aromatic N) is 2. The van der Waals surface area contributed by atoms with Crippen molar-refractivity contribution < 1.29 is 4.79 Å². The van der Waals surface area contributed by atoms with Crippen molar-refractivity contribution in [3.05, 3.63) is 12.7 Å². The maximum absolute atomic E-state index is 11.7. The van der Waals surface area contributed by atoms with Crippen molar-refractivity contribution >= 4 is 35.0 Å². The Morgan fingerprint density at radius 3 is 3.15 bits per heavy atom. The zero-order valence-electron chi connectivity index (χ0n) is 7.10. The molecule has 2 aliphatic heterocycles. The van der Waals surface area contributed by atoms with E-state index in [-0.39, 0.29) is 11.9 Å². The lowest BCUT2D eigenvalue weighted by Gasteiger charge is -2.16.